The number of rotatable bonds is 0. The second-order valence-electron chi connectivity index (χ2n) is 6.89. The first-order valence-electron chi connectivity index (χ1n) is 8.83. The lowest BCUT2D eigenvalue weighted by molar-refractivity contribution is -0.116. The van der Waals surface area contributed by atoms with Crippen LogP contribution in [0.25, 0.3) is 0 Å². The molecule has 0 aromatic carbocycles. The Bertz CT molecular complexity index is 829. The molecule has 132 valence electrons. The SMILES string of the molecule is CC(=O)N1CCc2c(C)cc(C)nc21.Cc1cc(C)c2c(n1)NCC2. The molecule has 0 bridgehead atoms. The maximum atomic E-state index is 11.3. The van der Waals surface area contributed by atoms with E-state index in [1.807, 2.05) is 13.8 Å². The van der Waals surface area contributed by atoms with Crippen LogP contribution in [0.3, 0.4) is 0 Å². The number of fused-ring (bicyclic) bond motifs is 2. The molecule has 2 aliphatic rings. The van der Waals surface area contributed by atoms with E-state index >= 15 is 0 Å². The van der Waals surface area contributed by atoms with Gasteiger partial charge in [-0.15, -0.1) is 0 Å². The fourth-order valence-corrected chi connectivity index (χ4v) is 3.64. The molecule has 0 fully saturated rings. The van der Waals surface area contributed by atoms with E-state index < -0.39 is 0 Å². The second kappa shape index (κ2) is 6.82. The number of aromatic nitrogens is 2. The minimum absolute atomic E-state index is 0.0845. The zero-order valence-corrected chi connectivity index (χ0v) is 15.7. The Balaban J connectivity index is 0.000000150. The van der Waals surface area contributed by atoms with Crippen LogP contribution in [-0.4, -0.2) is 29.0 Å². The van der Waals surface area contributed by atoms with Gasteiger partial charge in [-0.1, -0.05) is 0 Å². The fourth-order valence-electron chi connectivity index (χ4n) is 3.64. The third-order valence-electron chi connectivity index (χ3n) is 4.82. The van der Waals surface area contributed by atoms with Gasteiger partial charge < -0.3 is 5.32 Å². The summed E-state index contributed by atoms with van der Waals surface area (Å²) in [6.45, 7) is 11.7. The highest BCUT2D eigenvalue weighted by molar-refractivity contribution is 5.92. The first kappa shape index (κ1) is 17.4. The summed E-state index contributed by atoms with van der Waals surface area (Å²) >= 11 is 0. The van der Waals surface area contributed by atoms with Gasteiger partial charge >= 0.3 is 0 Å². The van der Waals surface area contributed by atoms with Crippen LogP contribution in [0.4, 0.5) is 11.6 Å². The summed E-state index contributed by atoms with van der Waals surface area (Å²) in [5.74, 6) is 2.05. The lowest BCUT2D eigenvalue weighted by Crippen LogP contribution is -2.26. The van der Waals surface area contributed by atoms with Gasteiger partial charge in [0.2, 0.25) is 5.91 Å². The van der Waals surface area contributed by atoms with Gasteiger partial charge in [0.1, 0.15) is 11.6 Å². The molecular formula is C20H26N4O. The molecule has 2 aliphatic heterocycles. The van der Waals surface area contributed by atoms with Crippen molar-refractivity contribution in [1.29, 1.82) is 0 Å². The van der Waals surface area contributed by atoms with Gasteiger partial charge in [-0.25, -0.2) is 9.97 Å². The summed E-state index contributed by atoms with van der Waals surface area (Å²) in [4.78, 5) is 21.9. The predicted octanol–water partition coefficient (Wildman–Crippen LogP) is 3.27. The lowest BCUT2D eigenvalue weighted by Gasteiger charge is -2.14. The van der Waals surface area contributed by atoms with E-state index in [0.29, 0.717) is 0 Å². The number of hydrogen-bond acceptors (Lipinski definition) is 4. The first-order chi connectivity index (χ1) is 11.9. The number of nitrogens with one attached hydrogen (secondary N) is 1. The highest BCUT2D eigenvalue weighted by atomic mass is 16.2. The molecule has 4 heterocycles. The fraction of sp³-hybridized carbons (Fsp3) is 0.450. The molecule has 0 atom stereocenters. The molecule has 4 rings (SSSR count). The van der Waals surface area contributed by atoms with Crippen LogP contribution in [0.2, 0.25) is 0 Å². The van der Waals surface area contributed by atoms with Crippen molar-refractivity contribution in [1.82, 2.24) is 9.97 Å². The van der Waals surface area contributed by atoms with Crippen LogP contribution < -0.4 is 10.2 Å². The minimum atomic E-state index is 0.0845. The van der Waals surface area contributed by atoms with Crippen LogP contribution >= 0.6 is 0 Å². The molecule has 0 aliphatic carbocycles. The Morgan fingerprint density at radius 3 is 2.32 bits per heavy atom. The van der Waals surface area contributed by atoms with Gasteiger partial charge in [0.25, 0.3) is 0 Å². The molecule has 2 aromatic heterocycles. The van der Waals surface area contributed by atoms with Crippen molar-refractivity contribution in [3.8, 4) is 0 Å². The van der Waals surface area contributed by atoms with Gasteiger partial charge in [0, 0.05) is 31.4 Å². The number of anilines is 2. The van der Waals surface area contributed by atoms with E-state index in [2.05, 4.69) is 41.3 Å². The largest absolute Gasteiger partial charge is 0.369 e. The number of aryl methyl sites for hydroxylation is 4. The average molecular weight is 338 g/mol. The zero-order chi connectivity index (χ0) is 18.1. The van der Waals surface area contributed by atoms with Gasteiger partial charge in [-0.05, 0) is 74.9 Å². The number of hydrogen-bond donors (Lipinski definition) is 1. The standard InChI is InChI=1S/C11H14N2O.C9H12N2/c1-7-6-8(2)12-11-10(7)4-5-13(11)9(3)14;1-6-5-7(2)11-9-8(6)3-4-10-9/h6H,4-5H2,1-3H3;5H,3-4H2,1-2H3,(H,10,11). The van der Waals surface area contributed by atoms with Crippen molar-refractivity contribution in [3.05, 3.63) is 45.8 Å². The van der Waals surface area contributed by atoms with Gasteiger partial charge in [0.05, 0.1) is 0 Å². The molecule has 0 radical (unpaired) electrons. The van der Waals surface area contributed by atoms with Crippen LogP contribution in [0.1, 0.15) is 40.6 Å². The zero-order valence-electron chi connectivity index (χ0n) is 15.7. The normalized spacial score (nSPS) is 14.4. The lowest BCUT2D eigenvalue weighted by atomic mass is 10.1. The van der Waals surface area contributed by atoms with E-state index in [4.69, 9.17) is 0 Å². The molecule has 2 aromatic rings. The van der Waals surface area contributed by atoms with E-state index in [9.17, 15) is 4.79 Å². The number of amides is 1. The maximum Gasteiger partial charge on any atom is 0.225 e. The number of carbonyl (C=O) groups is 1. The summed E-state index contributed by atoms with van der Waals surface area (Å²) in [6.07, 6.45) is 2.07. The maximum absolute atomic E-state index is 11.3. The summed E-state index contributed by atoms with van der Waals surface area (Å²) in [7, 11) is 0. The van der Waals surface area contributed by atoms with Gasteiger partial charge in [-0.3, -0.25) is 9.69 Å². The highest BCUT2D eigenvalue weighted by Crippen LogP contribution is 2.29. The van der Waals surface area contributed by atoms with Crippen molar-refractivity contribution in [2.45, 2.75) is 47.5 Å². The summed E-state index contributed by atoms with van der Waals surface area (Å²) < 4.78 is 0. The Hall–Kier alpha value is -2.43. The van der Waals surface area contributed by atoms with Crippen molar-refractivity contribution in [3.63, 3.8) is 0 Å². The minimum Gasteiger partial charge on any atom is -0.369 e. The van der Waals surface area contributed by atoms with Gasteiger partial charge in [-0.2, -0.15) is 0 Å². The highest BCUT2D eigenvalue weighted by Gasteiger charge is 2.25. The molecular weight excluding hydrogens is 312 g/mol. The van der Waals surface area contributed by atoms with Crippen LogP contribution in [0.15, 0.2) is 12.1 Å². The molecule has 1 N–H and O–H groups in total. The molecule has 0 saturated carbocycles. The van der Waals surface area contributed by atoms with Crippen molar-refractivity contribution >= 4 is 17.5 Å². The molecule has 25 heavy (non-hydrogen) atoms. The number of pyridine rings is 2. The molecule has 1 amide bonds. The predicted molar refractivity (Wildman–Crippen MR) is 101 cm³/mol. The second-order valence-corrected chi connectivity index (χ2v) is 6.89. The van der Waals surface area contributed by atoms with Crippen LogP contribution in [0.5, 0.6) is 0 Å². The smallest absolute Gasteiger partial charge is 0.225 e. The summed E-state index contributed by atoms with van der Waals surface area (Å²) in [6, 6.07) is 4.22. The van der Waals surface area contributed by atoms with Crippen LogP contribution in [-0.2, 0) is 17.6 Å². The summed E-state index contributed by atoms with van der Waals surface area (Å²) in [5, 5.41) is 3.27. The van der Waals surface area contributed by atoms with E-state index in [0.717, 1.165) is 49.0 Å². The summed E-state index contributed by atoms with van der Waals surface area (Å²) in [5.41, 5.74) is 7.33. The quantitative estimate of drug-likeness (QED) is 0.801. The van der Waals surface area contributed by atoms with Crippen molar-refractivity contribution < 1.29 is 4.79 Å². The molecule has 0 unspecified atom stereocenters. The third-order valence-corrected chi connectivity index (χ3v) is 4.82. The molecule has 5 nitrogen and oxygen atoms in total. The van der Waals surface area contributed by atoms with Crippen LogP contribution in [0, 0.1) is 27.7 Å². The van der Waals surface area contributed by atoms with E-state index in [-0.39, 0.29) is 5.91 Å². The molecule has 0 saturated heterocycles. The third kappa shape index (κ3) is 3.50. The Kier molecular flexibility index (Phi) is 4.75. The molecule has 0 spiro atoms. The Morgan fingerprint density at radius 2 is 1.64 bits per heavy atom. The van der Waals surface area contributed by atoms with Crippen molar-refractivity contribution in [2.75, 3.05) is 23.3 Å². The number of nitrogens with zero attached hydrogens (tertiary/aromatic N) is 3. The van der Waals surface area contributed by atoms with E-state index in [1.165, 1.54) is 22.3 Å². The first-order valence-corrected chi connectivity index (χ1v) is 8.83. The monoisotopic (exact) mass is 338 g/mol. The topological polar surface area (TPSA) is 58.1 Å². The average Bonchev–Trinajstić information content (AvgIpc) is 3.14. The Labute approximate surface area is 149 Å². The van der Waals surface area contributed by atoms with Gasteiger partial charge in [0.15, 0.2) is 0 Å². The number of carbonyl (C=O) groups excluding carboxylic acids is 1. The van der Waals surface area contributed by atoms with E-state index in [1.54, 1.807) is 11.8 Å². The molecule has 5 heteroatoms. The van der Waals surface area contributed by atoms with Crippen molar-refractivity contribution in [2.24, 2.45) is 0 Å². The Morgan fingerprint density at radius 1 is 1.00 bits per heavy atom.